The molecule has 0 saturated carbocycles. The van der Waals surface area contributed by atoms with Gasteiger partial charge < -0.3 is 0 Å². The largest absolute Gasteiger partial charge is 0.288 e. The molecule has 0 atom stereocenters. The Morgan fingerprint density at radius 3 is 2.64 bits per heavy atom. The molecule has 2 heterocycles. The van der Waals surface area contributed by atoms with Crippen molar-refractivity contribution in [1.82, 2.24) is 9.97 Å². The van der Waals surface area contributed by atoms with Gasteiger partial charge in [0.05, 0.1) is 15.5 Å². The molecule has 0 fully saturated rings. The predicted octanol–water partition coefficient (Wildman–Crippen LogP) is 2.42. The lowest BCUT2D eigenvalue weighted by Gasteiger charge is -1.96. The van der Waals surface area contributed by atoms with Crippen LogP contribution in [0.5, 0.6) is 0 Å². The first kappa shape index (κ1) is 9.30. The summed E-state index contributed by atoms with van der Waals surface area (Å²) in [5, 5.41) is 2.25. The van der Waals surface area contributed by atoms with Crippen molar-refractivity contribution in [1.29, 1.82) is 0 Å². The third kappa shape index (κ3) is 1.66. The Balaban J connectivity index is 2.39. The van der Waals surface area contributed by atoms with E-state index in [1.54, 1.807) is 11.4 Å². The van der Waals surface area contributed by atoms with Crippen molar-refractivity contribution in [2.24, 2.45) is 0 Å². The molecule has 0 amide bonds. The topological polar surface area (TPSA) is 42.9 Å². The van der Waals surface area contributed by atoms with Gasteiger partial charge in [0.2, 0.25) is 5.78 Å². The van der Waals surface area contributed by atoms with Gasteiger partial charge in [-0.15, -0.1) is 11.3 Å². The maximum Gasteiger partial charge on any atom is 0.207 e. The number of hydrogen-bond donors (Lipinski definition) is 0. The van der Waals surface area contributed by atoms with Crippen LogP contribution < -0.4 is 0 Å². The highest BCUT2D eigenvalue weighted by Gasteiger charge is 2.14. The van der Waals surface area contributed by atoms with Gasteiger partial charge in [-0.3, -0.25) is 4.79 Å². The molecule has 2 rings (SSSR count). The summed E-state index contributed by atoms with van der Waals surface area (Å²) < 4.78 is 0. The van der Waals surface area contributed by atoms with Gasteiger partial charge in [0.1, 0.15) is 6.33 Å². The van der Waals surface area contributed by atoms with Gasteiger partial charge in [0.15, 0.2) is 0 Å². The lowest BCUT2D eigenvalue weighted by molar-refractivity contribution is 0.104. The van der Waals surface area contributed by atoms with Crippen molar-refractivity contribution in [2.75, 3.05) is 0 Å². The van der Waals surface area contributed by atoms with Crippen molar-refractivity contribution in [3.63, 3.8) is 0 Å². The molecular weight excluding hydrogens is 220 g/mol. The molecule has 0 N–H and O–H groups in total. The Kier molecular flexibility index (Phi) is 2.56. The van der Waals surface area contributed by atoms with Gasteiger partial charge in [0, 0.05) is 12.4 Å². The summed E-state index contributed by atoms with van der Waals surface area (Å²) in [6, 6.07) is 1.70. The minimum atomic E-state index is -0.134. The molecule has 2 aromatic rings. The van der Waals surface area contributed by atoms with Gasteiger partial charge in [-0.25, -0.2) is 9.97 Å². The van der Waals surface area contributed by atoms with E-state index >= 15 is 0 Å². The number of carbonyl (C=O) groups excluding carboxylic acids is 1. The van der Waals surface area contributed by atoms with E-state index in [4.69, 9.17) is 11.6 Å². The van der Waals surface area contributed by atoms with E-state index in [0.29, 0.717) is 15.5 Å². The van der Waals surface area contributed by atoms with E-state index in [1.165, 1.54) is 30.1 Å². The van der Waals surface area contributed by atoms with Gasteiger partial charge in [-0.2, -0.15) is 0 Å². The second-order valence-corrected chi connectivity index (χ2v) is 3.88. The van der Waals surface area contributed by atoms with Gasteiger partial charge in [-0.1, -0.05) is 11.6 Å². The highest BCUT2D eigenvalue weighted by molar-refractivity contribution is 7.13. The average molecular weight is 225 g/mol. The number of thiophene rings is 1. The molecule has 0 aliphatic heterocycles. The summed E-state index contributed by atoms with van der Waals surface area (Å²) in [5.41, 5.74) is 0.455. The quantitative estimate of drug-likeness (QED) is 0.736. The molecule has 70 valence electrons. The molecule has 0 aliphatic rings. The molecule has 3 nitrogen and oxygen atoms in total. The summed E-state index contributed by atoms with van der Waals surface area (Å²) in [4.78, 5) is 19.9. The molecule has 14 heavy (non-hydrogen) atoms. The van der Waals surface area contributed by atoms with Crippen LogP contribution in [0.1, 0.15) is 15.2 Å². The minimum Gasteiger partial charge on any atom is -0.288 e. The van der Waals surface area contributed by atoms with Gasteiger partial charge >= 0.3 is 0 Å². The maximum atomic E-state index is 11.8. The minimum absolute atomic E-state index is 0.134. The molecule has 0 aromatic carbocycles. The number of hydrogen-bond acceptors (Lipinski definition) is 4. The first-order valence-corrected chi connectivity index (χ1v) is 5.07. The van der Waals surface area contributed by atoms with E-state index < -0.39 is 0 Å². The zero-order valence-corrected chi connectivity index (χ0v) is 8.55. The van der Waals surface area contributed by atoms with E-state index in [2.05, 4.69) is 9.97 Å². The van der Waals surface area contributed by atoms with Crippen molar-refractivity contribution in [3.8, 4) is 0 Å². The molecule has 0 spiro atoms. The van der Waals surface area contributed by atoms with E-state index in [-0.39, 0.29) is 5.78 Å². The number of nitrogens with zero attached hydrogens (tertiary/aromatic N) is 2. The van der Waals surface area contributed by atoms with Crippen LogP contribution in [0.2, 0.25) is 5.02 Å². The van der Waals surface area contributed by atoms with E-state index in [0.717, 1.165) is 0 Å². The summed E-state index contributed by atoms with van der Waals surface area (Å²) in [6.07, 6.45) is 4.34. The normalized spacial score (nSPS) is 10.1. The van der Waals surface area contributed by atoms with Crippen LogP contribution in [0, 0.1) is 0 Å². The number of halogens is 1. The van der Waals surface area contributed by atoms with Crippen molar-refractivity contribution < 1.29 is 4.79 Å². The van der Waals surface area contributed by atoms with Crippen molar-refractivity contribution >= 4 is 28.7 Å². The van der Waals surface area contributed by atoms with E-state index in [1.807, 2.05) is 0 Å². The second-order valence-electron chi connectivity index (χ2n) is 2.55. The number of carbonyl (C=O) groups is 1. The van der Waals surface area contributed by atoms with Crippen LogP contribution in [0.25, 0.3) is 0 Å². The molecule has 0 unspecified atom stereocenters. The van der Waals surface area contributed by atoms with Crippen LogP contribution in [0.4, 0.5) is 0 Å². The van der Waals surface area contributed by atoms with Crippen LogP contribution >= 0.6 is 22.9 Å². The molecule has 0 radical (unpaired) electrons. The third-order valence-corrected chi connectivity index (χ3v) is 2.99. The fourth-order valence-corrected chi connectivity index (χ4v) is 2.11. The molecule has 0 saturated heterocycles. The number of rotatable bonds is 2. The Bertz CT molecular complexity index is 455. The molecular formula is C9H5ClN2OS. The molecule has 0 aliphatic carbocycles. The summed E-state index contributed by atoms with van der Waals surface area (Å²) in [5.74, 6) is -0.134. The smallest absolute Gasteiger partial charge is 0.207 e. The van der Waals surface area contributed by atoms with Crippen LogP contribution in [-0.2, 0) is 0 Å². The first-order chi connectivity index (χ1) is 6.79. The lowest BCUT2D eigenvalue weighted by Crippen LogP contribution is -2.00. The molecule has 0 bridgehead atoms. The van der Waals surface area contributed by atoms with Gasteiger partial charge in [0.25, 0.3) is 0 Å². The fraction of sp³-hybridized carbons (Fsp3) is 0. The fourth-order valence-electron chi connectivity index (χ4n) is 1.00. The summed E-state index contributed by atoms with van der Waals surface area (Å²) in [6.45, 7) is 0. The zero-order chi connectivity index (χ0) is 9.97. The number of aromatic nitrogens is 2. The molecule has 2 aromatic heterocycles. The highest BCUT2D eigenvalue weighted by atomic mass is 35.5. The zero-order valence-electron chi connectivity index (χ0n) is 6.98. The maximum absolute atomic E-state index is 11.8. The Morgan fingerprint density at radius 2 is 2.07 bits per heavy atom. The SMILES string of the molecule is O=C(c1cncnc1)c1sccc1Cl. The van der Waals surface area contributed by atoms with Crippen LogP contribution in [-0.4, -0.2) is 15.8 Å². The molecule has 5 heteroatoms. The van der Waals surface area contributed by atoms with Crippen LogP contribution in [0.3, 0.4) is 0 Å². The Labute approximate surface area is 89.4 Å². The summed E-state index contributed by atoms with van der Waals surface area (Å²) >= 11 is 7.15. The van der Waals surface area contributed by atoms with Crippen LogP contribution in [0.15, 0.2) is 30.2 Å². The lowest BCUT2D eigenvalue weighted by atomic mass is 10.2. The first-order valence-electron chi connectivity index (χ1n) is 3.82. The van der Waals surface area contributed by atoms with Gasteiger partial charge in [-0.05, 0) is 11.4 Å². The predicted molar refractivity (Wildman–Crippen MR) is 54.8 cm³/mol. The summed E-state index contributed by atoms with van der Waals surface area (Å²) in [7, 11) is 0. The Hall–Kier alpha value is -1.26. The highest BCUT2D eigenvalue weighted by Crippen LogP contribution is 2.24. The van der Waals surface area contributed by atoms with Crippen molar-refractivity contribution in [3.05, 3.63) is 45.6 Å². The monoisotopic (exact) mass is 224 g/mol. The Morgan fingerprint density at radius 1 is 1.36 bits per heavy atom. The third-order valence-electron chi connectivity index (χ3n) is 1.65. The van der Waals surface area contributed by atoms with E-state index in [9.17, 15) is 4.79 Å². The standard InChI is InChI=1S/C9H5ClN2OS/c10-7-1-2-14-9(7)8(13)6-3-11-5-12-4-6/h1-5H. The number of ketones is 1. The van der Waals surface area contributed by atoms with Crippen molar-refractivity contribution in [2.45, 2.75) is 0 Å². The second kappa shape index (κ2) is 3.86. The average Bonchev–Trinajstić information content (AvgIpc) is 2.65.